The molecule has 27 heavy (non-hydrogen) atoms. The van der Waals surface area contributed by atoms with Gasteiger partial charge in [0.1, 0.15) is 6.54 Å². The first-order valence-corrected chi connectivity index (χ1v) is 10.4. The molecule has 0 spiro atoms. The summed E-state index contributed by atoms with van der Waals surface area (Å²) in [6, 6.07) is 10.7. The molecule has 6 nitrogen and oxygen atoms in total. The van der Waals surface area contributed by atoms with E-state index in [1.54, 1.807) is 18.2 Å². The molecule has 2 aromatic rings. The first kappa shape index (κ1) is 19.9. The molecule has 146 valence electrons. The Hall–Kier alpha value is -1.83. The van der Waals surface area contributed by atoms with Crippen molar-refractivity contribution >= 4 is 44.8 Å². The fourth-order valence-electron chi connectivity index (χ4n) is 3.83. The van der Waals surface area contributed by atoms with Crippen molar-refractivity contribution in [2.45, 2.75) is 24.7 Å². The van der Waals surface area contributed by atoms with Gasteiger partial charge >= 0.3 is 0 Å². The lowest BCUT2D eigenvalue weighted by Crippen LogP contribution is -2.46. The van der Waals surface area contributed by atoms with E-state index in [1.165, 1.54) is 4.31 Å². The van der Waals surface area contributed by atoms with Crippen LogP contribution in [0.2, 0.25) is 0 Å². The number of hydrogen-bond acceptors (Lipinski definition) is 4. The molecular formula is C19H24ClN3O3S. The molecule has 8 heteroatoms. The van der Waals surface area contributed by atoms with Crippen LogP contribution in [-0.4, -0.2) is 40.5 Å². The van der Waals surface area contributed by atoms with Crippen molar-refractivity contribution in [3.63, 3.8) is 0 Å². The summed E-state index contributed by atoms with van der Waals surface area (Å²) in [6.07, 6.45) is 2.00. The van der Waals surface area contributed by atoms with Crippen molar-refractivity contribution in [1.82, 2.24) is 10.6 Å². The summed E-state index contributed by atoms with van der Waals surface area (Å²) in [5, 5.41) is 7.83. The SMILES string of the molecule is CC1(CNC(=O)CN2c3cccc4cccc(c34)S2(=O)=O)CCNCC1.Cl. The van der Waals surface area contributed by atoms with Crippen molar-refractivity contribution in [3.05, 3.63) is 36.4 Å². The molecule has 2 N–H and O–H groups in total. The summed E-state index contributed by atoms with van der Waals surface area (Å²) in [6.45, 7) is 4.44. The number of hydrogen-bond donors (Lipinski definition) is 2. The molecule has 0 aliphatic carbocycles. The Bertz CT molecular complexity index is 966. The van der Waals surface area contributed by atoms with Crippen LogP contribution in [-0.2, 0) is 14.8 Å². The number of amides is 1. The second kappa shape index (κ2) is 7.30. The maximum atomic E-state index is 12.9. The van der Waals surface area contributed by atoms with Crippen molar-refractivity contribution in [1.29, 1.82) is 0 Å². The van der Waals surface area contributed by atoms with E-state index >= 15 is 0 Å². The van der Waals surface area contributed by atoms with Crippen LogP contribution in [0, 0.1) is 5.41 Å². The topological polar surface area (TPSA) is 78.5 Å². The van der Waals surface area contributed by atoms with Gasteiger partial charge in [-0.05, 0) is 48.9 Å². The molecular weight excluding hydrogens is 386 g/mol. The molecule has 0 unspecified atom stereocenters. The molecule has 0 radical (unpaired) electrons. The zero-order valence-corrected chi connectivity index (χ0v) is 16.8. The van der Waals surface area contributed by atoms with Crippen LogP contribution in [0.4, 0.5) is 5.69 Å². The highest BCUT2D eigenvalue weighted by Crippen LogP contribution is 2.41. The van der Waals surface area contributed by atoms with Gasteiger partial charge in [0.2, 0.25) is 5.91 Å². The Morgan fingerprint density at radius 1 is 1.19 bits per heavy atom. The van der Waals surface area contributed by atoms with E-state index in [9.17, 15) is 13.2 Å². The van der Waals surface area contributed by atoms with E-state index in [1.807, 2.05) is 18.2 Å². The smallest absolute Gasteiger partial charge is 0.265 e. The minimum Gasteiger partial charge on any atom is -0.354 e. The van der Waals surface area contributed by atoms with Crippen LogP contribution in [0.5, 0.6) is 0 Å². The van der Waals surface area contributed by atoms with Gasteiger partial charge in [-0.2, -0.15) is 0 Å². The maximum Gasteiger partial charge on any atom is 0.265 e. The highest BCUT2D eigenvalue weighted by Gasteiger charge is 2.37. The minimum absolute atomic E-state index is 0. The monoisotopic (exact) mass is 409 g/mol. The van der Waals surface area contributed by atoms with Crippen LogP contribution in [0.3, 0.4) is 0 Å². The second-order valence-electron chi connectivity index (χ2n) is 7.48. The number of halogens is 1. The fraction of sp³-hybridized carbons (Fsp3) is 0.421. The average molecular weight is 410 g/mol. The number of benzene rings is 2. The molecule has 1 fully saturated rings. The molecule has 0 saturated carbocycles. The molecule has 2 aliphatic rings. The van der Waals surface area contributed by atoms with Gasteiger partial charge in [0.25, 0.3) is 10.0 Å². The normalized spacial score (nSPS) is 19.5. The van der Waals surface area contributed by atoms with Crippen LogP contribution in [0.1, 0.15) is 19.8 Å². The predicted octanol–water partition coefficient (Wildman–Crippen LogP) is 2.28. The lowest BCUT2D eigenvalue weighted by molar-refractivity contribution is -0.120. The molecule has 2 heterocycles. The number of rotatable bonds is 4. The highest BCUT2D eigenvalue weighted by molar-refractivity contribution is 7.93. The number of nitrogens with one attached hydrogen (secondary N) is 2. The van der Waals surface area contributed by atoms with E-state index < -0.39 is 10.0 Å². The Balaban J connectivity index is 0.00000210. The Morgan fingerprint density at radius 2 is 1.85 bits per heavy atom. The standard InChI is InChI=1S/C19H23N3O3S.ClH/c1-19(8-10-20-11-9-19)13-21-17(23)12-22-15-6-2-4-14-5-3-7-16(18(14)15)26(22,24)25;/h2-7,20H,8-13H2,1H3,(H,21,23);1H. The van der Waals surface area contributed by atoms with Gasteiger partial charge in [-0.3, -0.25) is 9.10 Å². The van der Waals surface area contributed by atoms with Crippen LogP contribution in [0.15, 0.2) is 41.3 Å². The Labute approximate surface area is 165 Å². The molecule has 2 aromatic carbocycles. The lowest BCUT2D eigenvalue weighted by atomic mass is 9.81. The van der Waals surface area contributed by atoms with E-state index in [-0.39, 0.29) is 35.2 Å². The number of piperidine rings is 1. The number of nitrogens with zero attached hydrogens (tertiary/aromatic N) is 1. The summed E-state index contributed by atoms with van der Waals surface area (Å²) in [5.74, 6) is -0.266. The average Bonchev–Trinajstić information content (AvgIpc) is 2.84. The highest BCUT2D eigenvalue weighted by atomic mass is 35.5. The van der Waals surface area contributed by atoms with Crippen LogP contribution in [0.25, 0.3) is 10.8 Å². The van der Waals surface area contributed by atoms with Gasteiger partial charge in [0.05, 0.1) is 10.6 Å². The third kappa shape index (κ3) is 3.51. The molecule has 4 rings (SSSR count). The summed E-state index contributed by atoms with van der Waals surface area (Å²) in [5.41, 5.74) is 0.648. The summed E-state index contributed by atoms with van der Waals surface area (Å²) < 4.78 is 27.0. The van der Waals surface area contributed by atoms with Gasteiger partial charge < -0.3 is 10.6 Å². The number of anilines is 1. The maximum absolute atomic E-state index is 12.9. The lowest BCUT2D eigenvalue weighted by Gasteiger charge is -2.34. The number of carbonyl (C=O) groups is 1. The van der Waals surface area contributed by atoms with Crippen LogP contribution >= 0.6 is 12.4 Å². The van der Waals surface area contributed by atoms with Crippen molar-refractivity contribution in [2.24, 2.45) is 5.41 Å². The summed E-state index contributed by atoms with van der Waals surface area (Å²) >= 11 is 0. The van der Waals surface area contributed by atoms with Gasteiger partial charge in [-0.25, -0.2) is 8.42 Å². The zero-order chi connectivity index (χ0) is 18.4. The van der Waals surface area contributed by atoms with Crippen molar-refractivity contribution < 1.29 is 13.2 Å². The molecule has 0 bridgehead atoms. The minimum atomic E-state index is -3.69. The molecule has 2 aliphatic heterocycles. The summed E-state index contributed by atoms with van der Waals surface area (Å²) in [7, 11) is -3.69. The first-order valence-electron chi connectivity index (χ1n) is 8.93. The van der Waals surface area contributed by atoms with Crippen LogP contribution < -0.4 is 14.9 Å². The van der Waals surface area contributed by atoms with E-state index in [0.717, 1.165) is 31.3 Å². The molecule has 1 saturated heterocycles. The quantitative estimate of drug-likeness (QED) is 0.812. The number of sulfonamides is 1. The largest absolute Gasteiger partial charge is 0.354 e. The van der Waals surface area contributed by atoms with Crippen molar-refractivity contribution in [3.8, 4) is 0 Å². The van der Waals surface area contributed by atoms with Gasteiger partial charge in [0.15, 0.2) is 0 Å². The Kier molecular flexibility index (Phi) is 5.38. The first-order chi connectivity index (χ1) is 12.4. The molecule has 0 atom stereocenters. The van der Waals surface area contributed by atoms with Gasteiger partial charge in [-0.15, -0.1) is 12.4 Å². The zero-order valence-electron chi connectivity index (χ0n) is 15.2. The van der Waals surface area contributed by atoms with E-state index in [4.69, 9.17) is 0 Å². The number of carbonyl (C=O) groups excluding carboxylic acids is 1. The fourth-order valence-corrected chi connectivity index (χ4v) is 5.50. The molecule has 0 aromatic heterocycles. The van der Waals surface area contributed by atoms with E-state index in [2.05, 4.69) is 17.6 Å². The van der Waals surface area contributed by atoms with Crippen molar-refractivity contribution in [2.75, 3.05) is 30.5 Å². The second-order valence-corrected chi connectivity index (χ2v) is 9.31. The molecule has 1 amide bonds. The third-order valence-corrected chi connectivity index (χ3v) is 7.29. The summed E-state index contributed by atoms with van der Waals surface area (Å²) in [4.78, 5) is 12.8. The predicted molar refractivity (Wildman–Crippen MR) is 109 cm³/mol. The van der Waals surface area contributed by atoms with Gasteiger partial charge in [-0.1, -0.05) is 31.2 Å². The van der Waals surface area contributed by atoms with E-state index in [0.29, 0.717) is 17.6 Å². The van der Waals surface area contributed by atoms with Gasteiger partial charge in [0, 0.05) is 11.9 Å². The Morgan fingerprint density at radius 3 is 2.56 bits per heavy atom. The third-order valence-electron chi connectivity index (χ3n) is 5.49.